The van der Waals surface area contributed by atoms with Gasteiger partial charge in [-0.05, 0) is 73.5 Å². The molecule has 0 aromatic heterocycles. The molecule has 36 heavy (non-hydrogen) atoms. The number of fused-ring (bicyclic) bond motifs is 1. The van der Waals surface area contributed by atoms with E-state index in [1.807, 2.05) is 19.1 Å². The molecule has 4 rings (SSSR count). The molecule has 0 saturated carbocycles. The van der Waals surface area contributed by atoms with Gasteiger partial charge >= 0.3 is 0 Å². The first-order valence-corrected chi connectivity index (χ1v) is 14.5. The maximum Gasteiger partial charge on any atom is 0.267 e. The van der Waals surface area contributed by atoms with Crippen LogP contribution in [0.1, 0.15) is 11.1 Å². The Labute approximate surface area is 215 Å². The van der Waals surface area contributed by atoms with Crippen molar-refractivity contribution in [1.29, 1.82) is 0 Å². The fraction of sp³-hybridized carbons (Fsp3) is 0.208. The molecule has 0 radical (unpaired) electrons. The predicted octanol–water partition coefficient (Wildman–Crippen LogP) is 3.92. The summed E-state index contributed by atoms with van der Waals surface area (Å²) in [4.78, 5) is 12.9. The highest BCUT2D eigenvalue weighted by molar-refractivity contribution is 7.92. The minimum absolute atomic E-state index is 0.0179. The molecular weight excluding hydrogens is 526 g/mol. The number of hydrogen-bond donors (Lipinski definition) is 2. The highest BCUT2D eigenvalue weighted by Crippen LogP contribution is 2.37. The van der Waals surface area contributed by atoms with Crippen LogP contribution in [0.3, 0.4) is 0 Å². The van der Waals surface area contributed by atoms with Crippen LogP contribution in [-0.4, -0.2) is 41.6 Å². The monoisotopic (exact) mass is 549 g/mol. The number of nitrogens with zero attached hydrogens (tertiary/aromatic N) is 1. The van der Waals surface area contributed by atoms with Crippen molar-refractivity contribution in [2.45, 2.75) is 24.8 Å². The zero-order chi connectivity index (χ0) is 26.3. The van der Waals surface area contributed by atoms with E-state index in [1.165, 1.54) is 42.5 Å². The first-order valence-electron chi connectivity index (χ1n) is 10.8. The van der Waals surface area contributed by atoms with E-state index in [0.29, 0.717) is 16.4 Å². The third-order valence-corrected chi connectivity index (χ3v) is 8.32. The Balaban J connectivity index is 1.50. The van der Waals surface area contributed by atoms with Crippen molar-refractivity contribution in [2.24, 2.45) is 0 Å². The summed E-state index contributed by atoms with van der Waals surface area (Å²) in [6.45, 7) is 3.43. The minimum Gasteiger partial charge on any atom is -0.476 e. The zero-order valence-electron chi connectivity index (χ0n) is 19.6. The molecule has 0 aliphatic carbocycles. The van der Waals surface area contributed by atoms with E-state index in [-0.39, 0.29) is 22.9 Å². The summed E-state index contributed by atoms with van der Waals surface area (Å²) in [6, 6.07) is 15.6. The van der Waals surface area contributed by atoms with Crippen LogP contribution in [0.4, 0.5) is 17.1 Å². The lowest BCUT2D eigenvalue weighted by Gasteiger charge is -2.34. The van der Waals surface area contributed by atoms with Crippen molar-refractivity contribution in [3.63, 3.8) is 0 Å². The van der Waals surface area contributed by atoms with Gasteiger partial charge in [-0.2, -0.15) is 0 Å². The molecule has 9 nitrogen and oxygen atoms in total. The van der Waals surface area contributed by atoms with Crippen LogP contribution in [0.15, 0.2) is 65.6 Å². The van der Waals surface area contributed by atoms with E-state index in [1.54, 1.807) is 13.0 Å². The van der Waals surface area contributed by atoms with Gasteiger partial charge in [0.1, 0.15) is 5.75 Å². The topological polar surface area (TPSA) is 122 Å². The van der Waals surface area contributed by atoms with Crippen LogP contribution in [0.2, 0.25) is 5.02 Å². The summed E-state index contributed by atoms with van der Waals surface area (Å²) in [5.41, 5.74) is 2.76. The molecule has 3 aromatic rings. The Morgan fingerprint density at radius 3 is 2.36 bits per heavy atom. The number of anilines is 3. The molecule has 1 atom stereocenters. The van der Waals surface area contributed by atoms with Gasteiger partial charge in [-0.3, -0.25) is 13.8 Å². The summed E-state index contributed by atoms with van der Waals surface area (Å²) >= 11 is 6.00. The number of benzene rings is 3. The van der Waals surface area contributed by atoms with Crippen LogP contribution in [-0.2, 0) is 24.8 Å². The lowest BCUT2D eigenvalue weighted by atomic mass is 10.1. The maximum atomic E-state index is 12.9. The van der Waals surface area contributed by atoms with Crippen LogP contribution < -0.4 is 19.1 Å². The van der Waals surface area contributed by atoms with Crippen LogP contribution in [0.25, 0.3) is 0 Å². The van der Waals surface area contributed by atoms with E-state index in [4.69, 9.17) is 16.3 Å². The van der Waals surface area contributed by atoms with Crippen molar-refractivity contribution in [3.8, 4) is 5.75 Å². The second-order valence-corrected chi connectivity index (χ2v) is 12.5. The highest BCUT2D eigenvalue weighted by atomic mass is 35.5. The smallest absolute Gasteiger partial charge is 0.267 e. The Hall–Kier alpha value is -3.28. The van der Waals surface area contributed by atoms with Crippen molar-refractivity contribution >= 4 is 54.6 Å². The van der Waals surface area contributed by atoms with Gasteiger partial charge in [0.25, 0.3) is 15.9 Å². The maximum absolute atomic E-state index is 12.9. The SMILES string of the molecule is Cc1ccc(C)c(NS(=O)(=O)c2ccc(NC(=O)[C@H]3CN(S(C)(=O)=O)c4cc(Cl)ccc4O3)cc2)c1. The lowest BCUT2D eigenvalue weighted by Crippen LogP contribution is -2.48. The van der Waals surface area contributed by atoms with Gasteiger partial charge in [0, 0.05) is 10.7 Å². The summed E-state index contributed by atoms with van der Waals surface area (Å²) in [5, 5.41) is 2.97. The number of carbonyl (C=O) groups is 1. The Kier molecular flexibility index (Phi) is 6.91. The molecule has 3 aromatic carbocycles. The average molecular weight is 550 g/mol. The van der Waals surface area contributed by atoms with Gasteiger partial charge in [0.05, 0.1) is 29.1 Å². The second kappa shape index (κ2) is 9.64. The number of sulfonamides is 2. The molecule has 2 N–H and O–H groups in total. The molecule has 0 fully saturated rings. The Morgan fingerprint density at radius 2 is 1.69 bits per heavy atom. The highest BCUT2D eigenvalue weighted by Gasteiger charge is 2.35. The van der Waals surface area contributed by atoms with Crippen molar-refractivity contribution in [1.82, 2.24) is 0 Å². The molecule has 0 bridgehead atoms. The van der Waals surface area contributed by atoms with E-state index < -0.39 is 32.1 Å². The first-order chi connectivity index (χ1) is 16.8. The predicted molar refractivity (Wildman–Crippen MR) is 140 cm³/mol. The molecule has 1 amide bonds. The zero-order valence-corrected chi connectivity index (χ0v) is 22.0. The Bertz CT molecular complexity index is 1540. The standard InChI is InChI=1S/C24H24ClN3O6S2/c1-15-4-5-16(2)20(12-15)27-36(32,33)19-9-7-18(8-10-19)26-24(29)23-14-28(35(3,30)31)21-13-17(25)6-11-22(21)34-23/h4-13,23,27H,14H2,1-3H3,(H,26,29)/t23-/m1/s1. The van der Waals surface area contributed by atoms with Gasteiger partial charge in [-0.25, -0.2) is 16.8 Å². The lowest BCUT2D eigenvalue weighted by molar-refractivity contribution is -0.122. The third kappa shape index (κ3) is 5.58. The number of aryl methyl sites for hydroxylation is 2. The fourth-order valence-corrected chi connectivity index (χ4v) is 5.86. The van der Waals surface area contributed by atoms with Crippen LogP contribution in [0.5, 0.6) is 5.75 Å². The third-order valence-electron chi connectivity index (χ3n) is 5.55. The summed E-state index contributed by atoms with van der Waals surface area (Å²) < 4.78 is 59.7. The largest absolute Gasteiger partial charge is 0.476 e. The number of rotatable bonds is 6. The molecule has 1 heterocycles. The molecule has 1 aliphatic rings. The molecule has 0 saturated heterocycles. The van der Waals surface area contributed by atoms with Crippen LogP contribution >= 0.6 is 11.6 Å². The van der Waals surface area contributed by atoms with E-state index in [0.717, 1.165) is 21.7 Å². The number of carbonyl (C=O) groups excluding carboxylic acids is 1. The minimum atomic E-state index is -3.85. The number of hydrogen-bond acceptors (Lipinski definition) is 6. The number of nitrogens with one attached hydrogen (secondary N) is 2. The van der Waals surface area contributed by atoms with Crippen molar-refractivity contribution < 1.29 is 26.4 Å². The van der Waals surface area contributed by atoms with Gasteiger partial charge in [-0.1, -0.05) is 23.7 Å². The van der Waals surface area contributed by atoms with Crippen molar-refractivity contribution in [2.75, 3.05) is 27.1 Å². The van der Waals surface area contributed by atoms with Crippen LogP contribution in [0, 0.1) is 13.8 Å². The van der Waals surface area contributed by atoms with Gasteiger partial charge in [0.15, 0.2) is 6.10 Å². The van der Waals surface area contributed by atoms with Crippen molar-refractivity contribution in [3.05, 3.63) is 76.8 Å². The summed E-state index contributed by atoms with van der Waals surface area (Å²) in [7, 11) is -7.56. The quantitative estimate of drug-likeness (QED) is 0.480. The molecule has 0 unspecified atom stereocenters. The average Bonchev–Trinajstić information content (AvgIpc) is 2.80. The summed E-state index contributed by atoms with van der Waals surface area (Å²) in [5.74, 6) is -0.386. The molecular formula is C24H24ClN3O6S2. The molecule has 1 aliphatic heterocycles. The molecule has 0 spiro atoms. The molecule has 190 valence electrons. The summed E-state index contributed by atoms with van der Waals surface area (Å²) in [6.07, 6.45) is -0.105. The van der Waals surface area contributed by atoms with E-state index >= 15 is 0 Å². The van der Waals surface area contributed by atoms with E-state index in [2.05, 4.69) is 10.0 Å². The number of halogens is 1. The fourth-order valence-electron chi connectivity index (χ4n) is 3.66. The van der Waals surface area contributed by atoms with E-state index in [9.17, 15) is 21.6 Å². The number of ether oxygens (including phenoxy) is 1. The molecule has 12 heteroatoms. The first kappa shape index (κ1) is 25.8. The normalized spacial score (nSPS) is 15.6. The second-order valence-electron chi connectivity index (χ2n) is 8.45. The Morgan fingerprint density at radius 1 is 1.00 bits per heavy atom. The van der Waals surface area contributed by atoms with Gasteiger partial charge in [0.2, 0.25) is 10.0 Å². The van der Waals surface area contributed by atoms with Gasteiger partial charge in [-0.15, -0.1) is 0 Å². The number of amides is 1. The van der Waals surface area contributed by atoms with Gasteiger partial charge < -0.3 is 10.1 Å².